The van der Waals surface area contributed by atoms with Crippen molar-refractivity contribution in [2.45, 2.75) is 39.8 Å². The van der Waals surface area contributed by atoms with Gasteiger partial charge in [-0.25, -0.2) is 0 Å². The number of rotatable bonds is 9. The van der Waals surface area contributed by atoms with Crippen LogP contribution in [0.1, 0.15) is 39.3 Å². The van der Waals surface area contributed by atoms with Gasteiger partial charge in [-0.15, -0.1) is 0 Å². The number of nitrogens with one attached hydrogen (secondary N) is 3. The number of anilines is 2. The van der Waals surface area contributed by atoms with Crippen molar-refractivity contribution >= 4 is 52.3 Å². The number of halogens is 2. The molecule has 2 aromatic carbocycles. The Kier molecular flexibility index (Phi) is 9.50. The molecule has 2 rings (SSSR count). The van der Waals surface area contributed by atoms with Crippen LogP contribution >= 0.6 is 23.2 Å². The van der Waals surface area contributed by atoms with E-state index in [0.717, 1.165) is 5.56 Å². The van der Waals surface area contributed by atoms with Crippen molar-refractivity contribution in [3.05, 3.63) is 58.1 Å². The largest absolute Gasteiger partial charge is 0.348 e. The van der Waals surface area contributed by atoms with Gasteiger partial charge in [0.25, 0.3) is 0 Å². The van der Waals surface area contributed by atoms with Crippen LogP contribution in [0.15, 0.2) is 42.5 Å². The molecule has 0 aromatic heterocycles. The lowest BCUT2D eigenvalue weighted by molar-refractivity contribution is -0.127. The van der Waals surface area contributed by atoms with E-state index in [4.69, 9.17) is 23.2 Å². The normalized spacial score (nSPS) is 12.7. The molecule has 0 saturated carbocycles. The van der Waals surface area contributed by atoms with Gasteiger partial charge in [0.2, 0.25) is 17.7 Å². The fourth-order valence-corrected chi connectivity index (χ4v) is 3.75. The van der Waals surface area contributed by atoms with Crippen molar-refractivity contribution in [3.8, 4) is 0 Å². The quantitative estimate of drug-likeness (QED) is 0.495. The van der Waals surface area contributed by atoms with Crippen LogP contribution in [0.5, 0.6) is 0 Å². The molecule has 0 aliphatic rings. The standard InChI is InChI=1S/C23H28Cl2N4O3/c1-5-29(13-22(31)28-19-9-7-18(8-10-19)27-16(4)30)15(3)23(32)26-14(2)20-11-6-17(24)12-21(20)25/h6-12,14-15H,5,13H2,1-4H3,(H,26,32)(H,27,30)(H,28,31). The van der Waals surface area contributed by atoms with E-state index in [2.05, 4.69) is 16.0 Å². The molecule has 172 valence electrons. The summed E-state index contributed by atoms with van der Waals surface area (Å²) in [5, 5.41) is 9.42. The monoisotopic (exact) mass is 478 g/mol. The molecule has 3 N–H and O–H groups in total. The van der Waals surface area contributed by atoms with Gasteiger partial charge in [0.1, 0.15) is 0 Å². The third-order valence-electron chi connectivity index (χ3n) is 4.96. The predicted octanol–water partition coefficient (Wildman–Crippen LogP) is 4.48. The van der Waals surface area contributed by atoms with E-state index in [9.17, 15) is 14.4 Å². The minimum absolute atomic E-state index is 0.0502. The van der Waals surface area contributed by atoms with E-state index in [1.165, 1.54) is 6.92 Å². The Labute approximate surface area is 198 Å². The van der Waals surface area contributed by atoms with Gasteiger partial charge in [-0.1, -0.05) is 36.2 Å². The zero-order valence-electron chi connectivity index (χ0n) is 18.5. The summed E-state index contributed by atoms with van der Waals surface area (Å²) in [7, 11) is 0. The van der Waals surface area contributed by atoms with Crippen LogP contribution in [0.2, 0.25) is 10.0 Å². The molecule has 0 spiro atoms. The second-order valence-corrected chi connectivity index (χ2v) is 8.29. The predicted molar refractivity (Wildman–Crippen MR) is 129 cm³/mol. The van der Waals surface area contributed by atoms with E-state index in [1.807, 2.05) is 13.8 Å². The molecule has 0 aliphatic heterocycles. The van der Waals surface area contributed by atoms with Crippen LogP contribution in [0.25, 0.3) is 0 Å². The van der Waals surface area contributed by atoms with E-state index < -0.39 is 6.04 Å². The molecule has 0 fully saturated rings. The number of nitrogens with zero attached hydrogens (tertiary/aromatic N) is 1. The number of carbonyl (C=O) groups excluding carboxylic acids is 3. The van der Waals surface area contributed by atoms with Gasteiger partial charge in [-0.3, -0.25) is 19.3 Å². The molecule has 32 heavy (non-hydrogen) atoms. The number of hydrogen-bond donors (Lipinski definition) is 3. The van der Waals surface area contributed by atoms with Crippen LogP contribution in [0.4, 0.5) is 11.4 Å². The highest BCUT2D eigenvalue weighted by Gasteiger charge is 2.24. The van der Waals surface area contributed by atoms with Gasteiger partial charge in [0, 0.05) is 28.3 Å². The number of carbonyl (C=O) groups is 3. The van der Waals surface area contributed by atoms with Crippen molar-refractivity contribution in [1.82, 2.24) is 10.2 Å². The number of likely N-dealkylation sites (N-methyl/N-ethyl adjacent to an activating group) is 1. The molecular weight excluding hydrogens is 451 g/mol. The van der Waals surface area contributed by atoms with Crippen LogP contribution in [0, 0.1) is 0 Å². The van der Waals surface area contributed by atoms with Crippen LogP contribution in [-0.4, -0.2) is 41.8 Å². The fourth-order valence-electron chi connectivity index (χ4n) is 3.18. The summed E-state index contributed by atoms with van der Waals surface area (Å²) in [6.45, 7) is 7.47. The Balaban J connectivity index is 1.94. The first-order valence-electron chi connectivity index (χ1n) is 10.3. The highest BCUT2D eigenvalue weighted by molar-refractivity contribution is 6.35. The average molecular weight is 479 g/mol. The highest BCUT2D eigenvalue weighted by atomic mass is 35.5. The van der Waals surface area contributed by atoms with Gasteiger partial charge in [-0.2, -0.15) is 0 Å². The first-order chi connectivity index (χ1) is 15.1. The molecule has 2 unspecified atom stereocenters. The lowest BCUT2D eigenvalue weighted by Gasteiger charge is -2.28. The van der Waals surface area contributed by atoms with Crippen molar-refractivity contribution in [1.29, 1.82) is 0 Å². The first kappa shape index (κ1) is 25.6. The maximum Gasteiger partial charge on any atom is 0.238 e. The van der Waals surface area contributed by atoms with Crippen LogP contribution in [0.3, 0.4) is 0 Å². The van der Waals surface area contributed by atoms with Gasteiger partial charge >= 0.3 is 0 Å². The highest BCUT2D eigenvalue weighted by Crippen LogP contribution is 2.26. The molecule has 9 heteroatoms. The minimum atomic E-state index is -0.526. The van der Waals surface area contributed by atoms with Crippen molar-refractivity contribution in [3.63, 3.8) is 0 Å². The van der Waals surface area contributed by atoms with Crippen molar-refractivity contribution in [2.24, 2.45) is 0 Å². The molecule has 7 nitrogen and oxygen atoms in total. The zero-order valence-corrected chi connectivity index (χ0v) is 20.1. The second-order valence-electron chi connectivity index (χ2n) is 7.44. The van der Waals surface area contributed by atoms with Crippen molar-refractivity contribution < 1.29 is 14.4 Å². The number of amides is 3. The molecule has 2 aromatic rings. The Morgan fingerprint density at radius 2 is 1.56 bits per heavy atom. The zero-order chi connectivity index (χ0) is 23.8. The summed E-state index contributed by atoms with van der Waals surface area (Å²) < 4.78 is 0. The number of benzene rings is 2. The molecule has 2 atom stereocenters. The Morgan fingerprint density at radius 1 is 0.969 bits per heavy atom. The van der Waals surface area contributed by atoms with E-state index in [0.29, 0.717) is 28.0 Å². The Hall–Kier alpha value is -2.61. The minimum Gasteiger partial charge on any atom is -0.348 e. The smallest absolute Gasteiger partial charge is 0.238 e. The Morgan fingerprint density at radius 3 is 2.09 bits per heavy atom. The second kappa shape index (κ2) is 11.9. The lowest BCUT2D eigenvalue weighted by Crippen LogP contribution is -2.48. The Bertz CT molecular complexity index is 966. The molecule has 0 radical (unpaired) electrons. The average Bonchev–Trinajstić information content (AvgIpc) is 2.72. The van der Waals surface area contributed by atoms with E-state index >= 15 is 0 Å². The van der Waals surface area contributed by atoms with E-state index in [1.54, 1.807) is 54.3 Å². The summed E-state index contributed by atoms with van der Waals surface area (Å²) in [6.07, 6.45) is 0. The van der Waals surface area contributed by atoms with Crippen LogP contribution < -0.4 is 16.0 Å². The summed E-state index contributed by atoms with van der Waals surface area (Å²) in [6, 6.07) is 11.1. The maximum atomic E-state index is 12.8. The summed E-state index contributed by atoms with van der Waals surface area (Å²) in [5.41, 5.74) is 2.01. The molecule has 3 amide bonds. The van der Waals surface area contributed by atoms with Gasteiger partial charge in [-0.05, 0) is 62.4 Å². The maximum absolute atomic E-state index is 12.8. The van der Waals surface area contributed by atoms with Gasteiger partial charge in [0.15, 0.2) is 0 Å². The summed E-state index contributed by atoms with van der Waals surface area (Å²) >= 11 is 12.2. The van der Waals surface area contributed by atoms with E-state index in [-0.39, 0.29) is 30.3 Å². The number of hydrogen-bond acceptors (Lipinski definition) is 4. The molecule has 0 aliphatic carbocycles. The third kappa shape index (κ3) is 7.51. The van der Waals surface area contributed by atoms with Crippen LogP contribution in [-0.2, 0) is 14.4 Å². The first-order valence-corrected chi connectivity index (χ1v) is 11.0. The topological polar surface area (TPSA) is 90.5 Å². The summed E-state index contributed by atoms with van der Waals surface area (Å²) in [4.78, 5) is 38.2. The molecule has 0 saturated heterocycles. The SMILES string of the molecule is CCN(CC(=O)Nc1ccc(NC(C)=O)cc1)C(C)C(=O)NC(C)c1ccc(Cl)cc1Cl. The molecule has 0 heterocycles. The summed E-state index contributed by atoms with van der Waals surface area (Å²) in [5.74, 6) is -0.620. The van der Waals surface area contributed by atoms with Gasteiger partial charge < -0.3 is 16.0 Å². The molecule has 0 bridgehead atoms. The fraction of sp³-hybridized carbons (Fsp3) is 0.348. The van der Waals surface area contributed by atoms with Crippen molar-refractivity contribution in [2.75, 3.05) is 23.7 Å². The van der Waals surface area contributed by atoms with Gasteiger partial charge in [0.05, 0.1) is 18.6 Å². The molecular formula is C23H28Cl2N4O3. The lowest BCUT2D eigenvalue weighted by atomic mass is 10.1. The third-order valence-corrected chi connectivity index (χ3v) is 5.52.